The lowest BCUT2D eigenvalue weighted by molar-refractivity contribution is 0.0664. The van der Waals surface area contributed by atoms with Gasteiger partial charge >= 0.3 is 0 Å². The third-order valence-electron chi connectivity index (χ3n) is 5.72. The van der Waals surface area contributed by atoms with Crippen LogP contribution in [-0.2, 0) is 0 Å². The van der Waals surface area contributed by atoms with E-state index in [0.29, 0.717) is 42.0 Å². The third-order valence-corrected chi connectivity index (χ3v) is 5.72. The Bertz CT molecular complexity index is 1120. The Morgan fingerprint density at radius 1 is 1.00 bits per heavy atom. The van der Waals surface area contributed by atoms with Crippen LogP contribution in [0.5, 0.6) is 11.5 Å². The van der Waals surface area contributed by atoms with Gasteiger partial charge in [0.2, 0.25) is 5.82 Å². The second-order valence-electron chi connectivity index (χ2n) is 8.08. The molecule has 1 fully saturated rings. The third kappa shape index (κ3) is 5.01. The first-order chi connectivity index (χ1) is 16.0. The average Bonchev–Trinajstić information content (AvgIpc) is 3.30. The molecule has 174 valence electrons. The topological polar surface area (TPSA) is 80.9 Å². The summed E-state index contributed by atoms with van der Waals surface area (Å²) in [5, 5.41) is 4.17. The molecular weight excluding hydrogens is 420 g/mol. The van der Waals surface area contributed by atoms with Crippen molar-refractivity contribution in [1.29, 1.82) is 0 Å². The zero-order chi connectivity index (χ0) is 23.4. The van der Waals surface area contributed by atoms with Crippen LogP contribution in [0.1, 0.15) is 29.8 Å². The minimum atomic E-state index is 0.0596. The van der Waals surface area contributed by atoms with E-state index in [2.05, 4.69) is 22.1 Å². The van der Waals surface area contributed by atoms with E-state index >= 15 is 0 Å². The molecule has 0 saturated carbocycles. The molecule has 1 aromatic heterocycles. The van der Waals surface area contributed by atoms with Crippen LogP contribution in [0.3, 0.4) is 0 Å². The van der Waals surface area contributed by atoms with Crippen LogP contribution in [0.15, 0.2) is 40.9 Å². The molecule has 1 saturated heterocycles. The summed E-state index contributed by atoms with van der Waals surface area (Å²) >= 11 is 0. The van der Waals surface area contributed by atoms with Crippen molar-refractivity contribution in [3.8, 4) is 34.3 Å². The molecule has 3 aromatic rings. The van der Waals surface area contributed by atoms with E-state index in [9.17, 15) is 4.79 Å². The van der Waals surface area contributed by atoms with Gasteiger partial charge < -0.3 is 23.8 Å². The van der Waals surface area contributed by atoms with Gasteiger partial charge in [-0.3, -0.25) is 4.79 Å². The Kier molecular flexibility index (Phi) is 6.93. The van der Waals surface area contributed by atoms with E-state index in [-0.39, 0.29) is 5.91 Å². The molecule has 0 bridgehead atoms. The molecule has 0 unspecified atom stereocenters. The lowest BCUT2D eigenvalue weighted by Crippen LogP contribution is -2.47. The number of amides is 1. The highest BCUT2D eigenvalue weighted by Crippen LogP contribution is 2.33. The predicted molar refractivity (Wildman–Crippen MR) is 126 cm³/mol. The summed E-state index contributed by atoms with van der Waals surface area (Å²) < 4.78 is 16.9. The molecule has 8 nitrogen and oxygen atoms in total. The number of likely N-dealkylation sites (N-methyl/N-ethyl adjacent to an activating group) is 1. The Balaban J connectivity index is 1.55. The van der Waals surface area contributed by atoms with E-state index in [1.54, 1.807) is 0 Å². The number of ether oxygens (including phenoxy) is 2. The normalized spacial score (nSPS) is 14.4. The number of aromatic nitrogens is 2. The van der Waals surface area contributed by atoms with Crippen molar-refractivity contribution in [2.24, 2.45) is 0 Å². The van der Waals surface area contributed by atoms with Crippen LogP contribution in [-0.4, -0.2) is 72.3 Å². The van der Waals surface area contributed by atoms with Crippen molar-refractivity contribution < 1.29 is 18.8 Å². The number of carbonyl (C=O) groups is 1. The van der Waals surface area contributed by atoms with Gasteiger partial charge in [0, 0.05) is 42.9 Å². The molecular formula is C25H30N4O4. The lowest BCUT2D eigenvalue weighted by atomic mass is 10.0. The summed E-state index contributed by atoms with van der Waals surface area (Å²) in [6, 6.07) is 11.2. The fourth-order valence-corrected chi connectivity index (χ4v) is 3.87. The molecule has 0 radical (unpaired) electrons. The van der Waals surface area contributed by atoms with Crippen LogP contribution >= 0.6 is 0 Å². The van der Waals surface area contributed by atoms with Crippen molar-refractivity contribution in [3.05, 3.63) is 47.5 Å². The monoisotopic (exact) mass is 450 g/mol. The van der Waals surface area contributed by atoms with Crippen LogP contribution in [0, 0.1) is 6.92 Å². The molecule has 33 heavy (non-hydrogen) atoms. The van der Waals surface area contributed by atoms with E-state index in [1.165, 1.54) is 0 Å². The first-order valence-electron chi connectivity index (χ1n) is 11.3. The van der Waals surface area contributed by atoms with Crippen LogP contribution in [0.2, 0.25) is 0 Å². The second kappa shape index (κ2) is 10.0. The predicted octanol–water partition coefficient (Wildman–Crippen LogP) is 3.90. The van der Waals surface area contributed by atoms with Crippen molar-refractivity contribution in [2.75, 3.05) is 46.4 Å². The standard InChI is InChI=1S/C25H30N4O4/c1-5-31-21-10-8-18(16-22(21)32-6-2)24-26-23(27-33-24)20-9-7-19(15-17(20)3)25(30)29-13-11-28(4)12-14-29/h7-10,15-16H,5-6,11-14H2,1-4H3. The number of hydrogen-bond acceptors (Lipinski definition) is 7. The van der Waals surface area contributed by atoms with E-state index in [0.717, 1.165) is 42.9 Å². The largest absolute Gasteiger partial charge is 0.490 e. The van der Waals surface area contributed by atoms with Gasteiger partial charge in [-0.2, -0.15) is 4.98 Å². The molecule has 2 aromatic carbocycles. The molecule has 1 aliphatic heterocycles. The number of rotatable bonds is 7. The van der Waals surface area contributed by atoms with Gasteiger partial charge in [-0.25, -0.2) is 0 Å². The highest BCUT2D eigenvalue weighted by molar-refractivity contribution is 5.95. The number of hydrogen-bond donors (Lipinski definition) is 0. The minimum absolute atomic E-state index is 0.0596. The molecule has 2 heterocycles. The fraction of sp³-hybridized carbons (Fsp3) is 0.400. The van der Waals surface area contributed by atoms with Crippen LogP contribution < -0.4 is 9.47 Å². The van der Waals surface area contributed by atoms with Gasteiger partial charge in [-0.15, -0.1) is 0 Å². The number of nitrogens with zero attached hydrogens (tertiary/aromatic N) is 4. The minimum Gasteiger partial charge on any atom is -0.490 e. The van der Waals surface area contributed by atoms with Crippen molar-refractivity contribution in [2.45, 2.75) is 20.8 Å². The summed E-state index contributed by atoms with van der Waals surface area (Å²) in [7, 11) is 2.07. The maximum absolute atomic E-state index is 12.9. The molecule has 8 heteroatoms. The molecule has 4 rings (SSSR count). The zero-order valence-electron chi connectivity index (χ0n) is 19.6. The molecule has 1 aliphatic rings. The zero-order valence-corrected chi connectivity index (χ0v) is 19.6. The van der Waals surface area contributed by atoms with E-state index in [4.69, 9.17) is 14.0 Å². The summed E-state index contributed by atoms with van der Waals surface area (Å²) in [4.78, 5) is 21.6. The Morgan fingerprint density at radius 2 is 1.73 bits per heavy atom. The number of aryl methyl sites for hydroxylation is 1. The fourth-order valence-electron chi connectivity index (χ4n) is 3.87. The molecule has 0 N–H and O–H groups in total. The molecule has 1 amide bonds. The first-order valence-corrected chi connectivity index (χ1v) is 11.3. The van der Waals surface area contributed by atoms with Gasteiger partial charge in [0.05, 0.1) is 13.2 Å². The quantitative estimate of drug-likeness (QED) is 0.540. The SMILES string of the molecule is CCOc1ccc(-c2nc(-c3ccc(C(=O)N4CCN(C)CC4)cc3C)no2)cc1OCC. The van der Waals surface area contributed by atoms with Crippen molar-refractivity contribution >= 4 is 5.91 Å². The Hall–Kier alpha value is -3.39. The number of carbonyl (C=O) groups excluding carboxylic acids is 1. The van der Waals surface area contributed by atoms with Crippen molar-refractivity contribution in [3.63, 3.8) is 0 Å². The van der Waals surface area contributed by atoms with E-state index < -0.39 is 0 Å². The van der Waals surface area contributed by atoms with E-state index in [1.807, 2.05) is 62.1 Å². The van der Waals surface area contributed by atoms with Crippen LogP contribution in [0.4, 0.5) is 0 Å². The first kappa shape index (κ1) is 22.8. The van der Waals surface area contributed by atoms with Crippen LogP contribution in [0.25, 0.3) is 22.8 Å². The maximum Gasteiger partial charge on any atom is 0.258 e. The van der Waals surface area contributed by atoms with Gasteiger partial charge in [0.15, 0.2) is 11.5 Å². The molecule has 0 atom stereocenters. The maximum atomic E-state index is 12.9. The summed E-state index contributed by atoms with van der Waals surface area (Å²) in [5.74, 6) is 2.25. The Morgan fingerprint density at radius 3 is 2.42 bits per heavy atom. The number of benzene rings is 2. The second-order valence-corrected chi connectivity index (χ2v) is 8.08. The summed E-state index contributed by atoms with van der Waals surface area (Å²) in [6.07, 6.45) is 0. The molecule has 0 spiro atoms. The average molecular weight is 451 g/mol. The van der Waals surface area contributed by atoms with Gasteiger partial charge in [-0.05, 0) is 63.7 Å². The molecule has 0 aliphatic carbocycles. The van der Waals surface area contributed by atoms with Gasteiger partial charge in [0.1, 0.15) is 0 Å². The number of piperazine rings is 1. The lowest BCUT2D eigenvalue weighted by Gasteiger charge is -2.32. The smallest absolute Gasteiger partial charge is 0.258 e. The Labute approximate surface area is 194 Å². The highest BCUT2D eigenvalue weighted by Gasteiger charge is 2.22. The summed E-state index contributed by atoms with van der Waals surface area (Å²) in [6.45, 7) is 10.2. The van der Waals surface area contributed by atoms with Gasteiger partial charge in [-0.1, -0.05) is 11.2 Å². The van der Waals surface area contributed by atoms with Crippen molar-refractivity contribution in [1.82, 2.24) is 19.9 Å². The highest BCUT2D eigenvalue weighted by atomic mass is 16.5. The summed E-state index contributed by atoms with van der Waals surface area (Å²) in [5.41, 5.74) is 3.18. The van der Waals surface area contributed by atoms with Gasteiger partial charge in [0.25, 0.3) is 11.8 Å².